The highest BCUT2D eigenvalue weighted by Crippen LogP contribution is 2.10. The Bertz CT molecular complexity index is 209. The van der Waals surface area contributed by atoms with Crippen molar-refractivity contribution in [1.82, 2.24) is 0 Å². The highest BCUT2D eigenvalue weighted by Gasteiger charge is 2.14. The second kappa shape index (κ2) is 8.24. The van der Waals surface area contributed by atoms with Gasteiger partial charge in [0.1, 0.15) is 6.10 Å². The Morgan fingerprint density at radius 2 is 2.13 bits per heavy atom. The molecule has 3 heteroatoms. The van der Waals surface area contributed by atoms with Gasteiger partial charge in [0.2, 0.25) is 0 Å². The van der Waals surface area contributed by atoms with E-state index in [1.54, 1.807) is 19.1 Å². The molecule has 0 aromatic rings. The summed E-state index contributed by atoms with van der Waals surface area (Å²) in [6.45, 7) is 8.79. The molecule has 0 aliphatic carbocycles. The van der Waals surface area contributed by atoms with Crippen LogP contribution in [0.5, 0.6) is 0 Å². The van der Waals surface area contributed by atoms with E-state index in [1.807, 2.05) is 0 Å². The Morgan fingerprint density at radius 1 is 1.47 bits per heavy atom. The van der Waals surface area contributed by atoms with Gasteiger partial charge in [-0.1, -0.05) is 12.2 Å². The SMILES string of the molecule is C=CCCC(=O)O[C@@H](CC=C)C[C@H](C)O. The van der Waals surface area contributed by atoms with Crippen molar-refractivity contribution in [2.75, 3.05) is 0 Å². The van der Waals surface area contributed by atoms with E-state index in [1.165, 1.54) is 0 Å². The Hall–Kier alpha value is -1.09. The molecule has 0 unspecified atom stereocenters. The van der Waals surface area contributed by atoms with Gasteiger partial charge in [0.05, 0.1) is 6.10 Å². The standard InChI is InChI=1S/C12H20O3/c1-4-6-8-12(14)15-11(7-5-2)9-10(3)13/h4-5,10-11,13H,1-2,6-9H2,3H3/t10-,11-/m0/s1. The molecule has 0 radical (unpaired) electrons. The van der Waals surface area contributed by atoms with E-state index in [-0.39, 0.29) is 12.1 Å². The molecule has 1 N–H and O–H groups in total. The van der Waals surface area contributed by atoms with Gasteiger partial charge in [0.15, 0.2) is 0 Å². The smallest absolute Gasteiger partial charge is 0.306 e. The molecule has 0 spiro atoms. The number of aliphatic hydroxyl groups excluding tert-OH is 1. The van der Waals surface area contributed by atoms with Crippen molar-refractivity contribution in [3.05, 3.63) is 25.3 Å². The average Bonchev–Trinajstić information content (AvgIpc) is 2.14. The molecular formula is C12H20O3. The average molecular weight is 212 g/mol. The van der Waals surface area contributed by atoms with Crippen LogP contribution in [0.25, 0.3) is 0 Å². The van der Waals surface area contributed by atoms with Crippen molar-refractivity contribution < 1.29 is 14.6 Å². The summed E-state index contributed by atoms with van der Waals surface area (Å²) < 4.78 is 5.19. The first-order chi connectivity index (χ1) is 7.10. The fraction of sp³-hybridized carbons (Fsp3) is 0.583. The Labute approximate surface area is 91.4 Å². The number of esters is 1. The van der Waals surface area contributed by atoms with E-state index >= 15 is 0 Å². The maximum Gasteiger partial charge on any atom is 0.306 e. The molecule has 0 amide bonds. The summed E-state index contributed by atoms with van der Waals surface area (Å²) in [5.74, 6) is -0.248. The predicted octanol–water partition coefficient (Wildman–Crippen LogP) is 2.21. The largest absolute Gasteiger partial charge is 0.462 e. The summed E-state index contributed by atoms with van der Waals surface area (Å²) >= 11 is 0. The maximum absolute atomic E-state index is 11.3. The van der Waals surface area contributed by atoms with Crippen molar-refractivity contribution in [2.45, 2.75) is 44.8 Å². The first kappa shape index (κ1) is 13.9. The lowest BCUT2D eigenvalue weighted by Gasteiger charge is -2.17. The Kier molecular flexibility index (Phi) is 7.64. The molecule has 0 heterocycles. The van der Waals surface area contributed by atoms with Crippen LogP contribution >= 0.6 is 0 Å². The summed E-state index contributed by atoms with van der Waals surface area (Å²) in [4.78, 5) is 11.3. The number of hydrogen-bond donors (Lipinski definition) is 1. The number of aliphatic hydroxyl groups is 1. The van der Waals surface area contributed by atoms with Crippen LogP contribution in [0.3, 0.4) is 0 Å². The van der Waals surface area contributed by atoms with Crippen LogP contribution in [0.1, 0.15) is 32.6 Å². The fourth-order valence-electron chi connectivity index (χ4n) is 1.22. The second-order valence-electron chi connectivity index (χ2n) is 3.55. The van der Waals surface area contributed by atoms with E-state index in [2.05, 4.69) is 13.2 Å². The molecule has 0 fully saturated rings. The third kappa shape index (κ3) is 7.94. The number of carbonyl (C=O) groups is 1. The molecule has 0 aromatic heterocycles. The third-order valence-electron chi connectivity index (χ3n) is 1.88. The summed E-state index contributed by atoms with van der Waals surface area (Å²) in [7, 11) is 0. The van der Waals surface area contributed by atoms with Gasteiger partial charge in [-0.15, -0.1) is 13.2 Å². The molecule has 86 valence electrons. The molecule has 2 atom stereocenters. The molecular weight excluding hydrogens is 192 g/mol. The van der Waals surface area contributed by atoms with Gasteiger partial charge in [-0.05, 0) is 13.3 Å². The number of rotatable bonds is 8. The van der Waals surface area contributed by atoms with Crippen LogP contribution in [0.15, 0.2) is 25.3 Å². The summed E-state index contributed by atoms with van der Waals surface area (Å²) in [6.07, 6.45) is 4.62. The van der Waals surface area contributed by atoms with Crippen LogP contribution in [0.2, 0.25) is 0 Å². The molecule has 3 nitrogen and oxygen atoms in total. The first-order valence-electron chi connectivity index (χ1n) is 5.19. The van der Waals surface area contributed by atoms with Crippen molar-refractivity contribution in [3.63, 3.8) is 0 Å². The maximum atomic E-state index is 11.3. The van der Waals surface area contributed by atoms with Gasteiger partial charge in [0.25, 0.3) is 0 Å². The van der Waals surface area contributed by atoms with Crippen molar-refractivity contribution in [1.29, 1.82) is 0 Å². The van der Waals surface area contributed by atoms with Crippen molar-refractivity contribution in [3.8, 4) is 0 Å². The molecule has 0 rings (SSSR count). The van der Waals surface area contributed by atoms with E-state index < -0.39 is 6.10 Å². The molecule has 0 saturated carbocycles. The molecule has 0 aromatic carbocycles. The minimum Gasteiger partial charge on any atom is -0.462 e. The minimum atomic E-state index is -0.470. The van der Waals surface area contributed by atoms with Gasteiger partial charge in [-0.3, -0.25) is 4.79 Å². The lowest BCUT2D eigenvalue weighted by molar-refractivity contribution is -0.150. The predicted molar refractivity (Wildman–Crippen MR) is 60.4 cm³/mol. The zero-order chi connectivity index (χ0) is 11.7. The topological polar surface area (TPSA) is 46.5 Å². The second-order valence-corrected chi connectivity index (χ2v) is 3.55. The van der Waals surface area contributed by atoms with E-state index in [4.69, 9.17) is 4.74 Å². The van der Waals surface area contributed by atoms with E-state index in [0.717, 1.165) is 0 Å². The van der Waals surface area contributed by atoms with Crippen LogP contribution in [0.4, 0.5) is 0 Å². The quantitative estimate of drug-likeness (QED) is 0.495. The van der Waals surface area contributed by atoms with Crippen molar-refractivity contribution in [2.24, 2.45) is 0 Å². The molecule has 0 bridgehead atoms. The number of carbonyl (C=O) groups excluding carboxylic acids is 1. The highest BCUT2D eigenvalue weighted by molar-refractivity contribution is 5.69. The lowest BCUT2D eigenvalue weighted by atomic mass is 10.1. The lowest BCUT2D eigenvalue weighted by Crippen LogP contribution is -2.22. The fourth-order valence-corrected chi connectivity index (χ4v) is 1.22. The molecule has 0 saturated heterocycles. The van der Waals surface area contributed by atoms with E-state index in [9.17, 15) is 9.90 Å². The normalized spacial score (nSPS) is 14.0. The van der Waals surface area contributed by atoms with Gasteiger partial charge in [0, 0.05) is 19.3 Å². The van der Waals surface area contributed by atoms with Gasteiger partial charge in [-0.25, -0.2) is 0 Å². The van der Waals surface area contributed by atoms with Crippen LogP contribution in [-0.2, 0) is 9.53 Å². The molecule has 0 aliphatic heterocycles. The van der Waals surface area contributed by atoms with Crippen LogP contribution in [-0.4, -0.2) is 23.3 Å². The summed E-state index contributed by atoms with van der Waals surface area (Å²) in [6, 6.07) is 0. The molecule has 0 aliphatic rings. The zero-order valence-corrected chi connectivity index (χ0v) is 9.32. The summed E-state index contributed by atoms with van der Waals surface area (Å²) in [5, 5.41) is 9.20. The Balaban J connectivity index is 3.96. The highest BCUT2D eigenvalue weighted by atomic mass is 16.5. The molecule has 15 heavy (non-hydrogen) atoms. The zero-order valence-electron chi connectivity index (χ0n) is 9.32. The van der Waals surface area contributed by atoms with Crippen LogP contribution < -0.4 is 0 Å². The van der Waals surface area contributed by atoms with Gasteiger partial charge >= 0.3 is 5.97 Å². The monoisotopic (exact) mass is 212 g/mol. The third-order valence-corrected chi connectivity index (χ3v) is 1.88. The first-order valence-corrected chi connectivity index (χ1v) is 5.19. The van der Waals surface area contributed by atoms with Gasteiger partial charge in [-0.2, -0.15) is 0 Å². The minimum absolute atomic E-state index is 0.248. The van der Waals surface area contributed by atoms with Gasteiger partial charge < -0.3 is 9.84 Å². The van der Waals surface area contributed by atoms with Crippen molar-refractivity contribution >= 4 is 5.97 Å². The summed E-state index contributed by atoms with van der Waals surface area (Å²) in [5.41, 5.74) is 0. The number of ether oxygens (including phenoxy) is 1. The number of hydrogen-bond acceptors (Lipinski definition) is 3. The number of allylic oxidation sites excluding steroid dienone is 1. The Morgan fingerprint density at radius 3 is 2.60 bits per heavy atom. The van der Waals surface area contributed by atoms with E-state index in [0.29, 0.717) is 25.7 Å². The van der Waals surface area contributed by atoms with Crippen LogP contribution in [0, 0.1) is 0 Å².